The summed E-state index contributed by atoms with van der Waals surface area (Å²) in [5.41, 5.74) is 2.02. The van der Waals surface area contributed by atoms with E-state index in [1.807, 2.05) is 13.8 Å². The van der Waals surface area contributed by atoms with Crippen molar-refractivity contribution < 1.29 is 19.1 Å². The van der Waals surface area contributed by atoms with Crippen LogP contribution in [0, 0.1) is 6.92 Å². The Morgan fingerprint density at radius 3 is 2.38 bits per heavy atom. The maximum atomic E-state index is 12.9. The molecule has 0 aliphatic carbocycles. The molecule has 1 aliphatic rings. The van der Waals surface area contributed by atoms with Crippen LogP contribution in [0.5, 0.6) is 0 Å². The zero-order valence-electron chi connectivity index (χ0n) is 15.8. The summed E-state index contributed by atoms with van der Waals surface area (Å²) in [6.07, 6.45) is 0.716. The van der Waals surface area contributed by atoms with Crippen LogP contribution in [-0.4, -0.2) is 24.4 Å². The number of aryl methyl sites for hydroxylation is 1. The van der Waals surface area contributed by atoms with E-state index in [2.05, 4.69) is 5.32 Å². The van der Waals surface area contributed by atoms with Gasteiger partial charge in [-0.15, -0.1) is 0 Å². The number of nitrogens with one attached hydrogen (secondary N) is 1. The molecule has 0 unspecified atom stereocenters. The van der Waals surface area contributed by atoms with Gasteiger partial charge in [-0.2, -0.15) is 0 Å². The Morgan fingerprint density at radius 2 is 1.76 bits per heavy atom. The lowest BCUT2D eigenvalue weighted by Crippen LogP contribution is -2.32. The second-order valence-corrected chi connectivity index (χ2v) is 7.22. The molecule has 0 fully saturated rings. The maximum absolute atomic E-state index is 12.9. The summed E-state index contributed by atoms with van der Waals surface area (Å²) in [6, 6.07) is 11.1. The fraction of sp³-hybridized carbons (Fsp3) is 0.190. The van der Waals surface area contributed by atoms with Gasteiger partial charge in [-0.3, -0.25) is 9.59 Å². The first-order valence-electron chi connectivity index (χ1n) is 8.92. The summed E-state index contributed by atoms with van der Waals surface area (Å²) in [6.45, 7) is 4.04. The molecule has 0 saturated heterocycles. The molecule has 0 atom stereocenters. The number of amides is 2. The number of carbonyl (C=O) groups excluding carboxylic acids is 3. The van der Waals surface area contributed by atoms with Crippen LogP contribution in [0.3, 0.4) is 0 Å². The molecule has 0 radical (unpaired) electrons. The molecule has 0 saturated carbocycles. The first-order valence-corrected chi connectivity index (χ1v) is 9.68. The van der Waals surface area contributed by atoms with Crippen LogP contribution in [0.15, 0.2) is 53.2 Å². The van der Waals surface area contributed by atoms with Crippen molar-refractivity contribution in [2.75, 3.05) is 16.8 Å². The highest BCUT2D eigenvalue weighted by atomic mass is 35.5. The highest BCUT2D eigenvalue weighted by Gasteiger charge is 2.39. The van der Waals surface area contributed by atoms with Crippen LogP contribution < -0.4 is 10.2 Å². The molecular formula is C21H18Cl2N2O4. The summed E-state index contributed by atoms with van der Waals surface area (Å²) in [4.78, 5) is 38.3. The molecule has 2 aromatic rings. The van der Waals surface area contributed by atoms with Crippen LogP contribution in [0.1, 0.15) is 29.3 Å². The first kappa shape index (κ1) is 20.9. The van der Waals surface area contributed by atoms with E-state index >= 15 is 0 Å². The van der Waals surface area contributed by atoms with E-state index in [1.165, 1.54) is 24.3 Å². The van der Waals surface area contributed by atoms with E-state index < -0.39 is 17.8 Å². The zero-order valence-corrected chi connectivity index (χ0v) is 17.3. The fourth-order valence-electron chi connectivity index (χ4n) is 2.77. The minimum atomic E-state index is -0.646. The van der Waals surface area contributed by atoms with Crippen LogP contribution >= 0.6 is 23.2 Å². The zero-order chi connectivity index (χ0) is 21.1. The average Bonchev–Trinajstić information content (AvgIpc) is 2.91. The van der Waals surface area contributed by atoms with Gasteiger partial charge in [0.2, 0.25) is 0 Å². The molecule has 0 aromatic heterocycles. The molecule has 29 heavy (non-hydrogen) atoms. The molecule has 0 spiro atoms. The molecule has 2 amide bonds. The molecule has 8 heteroatoms. The molecule has 2 aromatic carbocycles. The quantitative estimate of drug-likeness (QED) is 0.530. The first-order chi connectivity index (χ1) is 13.8. The molecule has 1 N–H and O–H groups in total. The highest BCUT2D eigenvalue weighted by Crippen LogP contribution is 2.31. The maximum Gasteiger partial charge on any atom is 0.338 e. The Balaban J connectivity index is 1.81. The fourth-order valence-corrected chi connectivity index (χ4v) is 3.21. The number of rotatable bonds is 6. The van der Waals surface area contributed by atoms with Crippen molar-refractivity contribution in [3.8, 4) is 0 Å². The summed E-state index contributed by atoms with van der Waals surface area (Å²) in [7, 11) is 0. The third kappa shape index (κ3) is 4.28. The number of carbonyl (C=O) groups is 3. The van der Waals surface area contributed by atoms with Crippen molar-refractivity contribution >= 4 is 52.4 Å². The van der Waals surface area contributed by atoms with Gasteiger partial charge in [-0.05, 0) is 61.4 Å². The third-order valence-corrected chi connectivity index (χ3v) is 4.86. The van der Waals surface area contributed by atoms with E-state index in [4.69, 9.17) is 27.9 Å². The number of esters is 1. The Morgan fingerprint density at radius 1 is 1.07 bits per heavy atom. The number of hydrogen-bond acceptors (Lipinski definition) is 5. The Bertz CT molecular complexity index is 1020. The number of nitrogens with zero attached hydrogens (tertiary/aromatic N) is 1. The predicted octanol–water partition coefficient (Wildman–Crippen LogP) is 4.65. The summed E-state index contributed by atoms with van der Waals surface area (Å²) in [5, 5.41) is 3.27. The predicted molar refractivity (Wildman–Crippen MR) is 112 cm³/mol. The SMILES string of the molecule is CCCOC(=O)c1ccc(N2C(=O)C(Cl)=C(Nc3ccc(Cl)cc3C)C2=O)cc1. The van der Waals surface area contributed by atoms with Crippen LogP contribution in [0.25, 0.3) is 0 Å². The largest absolute Gasteiger partial charge is 0.462 e. The molecule has 0 bridgehead atoms. The van der Waals surface area contributed by atoms with Gasteiger partial charge in [-0.1, -0.05) is 30.1 Å². The van der Waals surface area contributed by atoms with Crippen LogP contribution in [-0.2, 0) is 14.3 Å². The summed E-state index contributed by atoms with van der Waals surface area (Å²) in [5.74, 6) is -1.70. The van der Waals surface area contributed by atoms with Gasteiger partial charge in [0.1, 0.15) is 10.7 Å². The number of ether oxygens (including phenoxy) is 1. The van der Waals surface area contributed by atoms with Gasteiger partial charge in [0.25, 0.3) is 11.8 Å². The van der Waals surface area contributed by atoms with Gasteiger partial charge in [0, 0.05) is 10.7 Å². The van der Waals surface area contributed by atoms with Gasteiger partial charge in [0.05, 0.1) is 17.9 Å². The van der Waals surface area contributed by atoms with E-state index in [0.29, 0.717) is 35.0 Å². The molecule has 3 rings (SSSR count). The molecule has 1 heterocycles. The number of imide groups is 1. The van der Waals surface area contributed by atoms with E-state index in [1.54, 1.807) is 18.2 Å². The summed E-state index contributed by atoms with van der Waals surface area (Å²) >= 11 is 12.1. The van der Waals surface area contributed by atoms with Crippen molar-refractivity contribution in [2.45, 2.75) is 20.3 Å². The topological polar surface area (TPSA) is 75.7 Å². The molecule has 6 nitrogen and oxygen atoms in total. The van der Waals surface area contributed by atoms with Crippen molar-refractivity contribution in [2.24, 2.45) is 0 Å². The lowest BCUT2D eigenvalue weighted by Gasteiger charge is -2.16. The Hall–Kier alpha value is -2.83. The Labute approximate surface area is 178 Å². The van der Waals surface area contributed by atoms with Crippen molar-refractivity contribution in [1.29, 1.82) is 0 Å². The number of anilines is 2. The lowest BCUT2D eigenvalue weighted by atomic mass is 10.2. The normalized spacial score (nSPS) is 13.9. The van der Waals surface area contributed by atoms with Crippen molar-refractivity contribution in [3.63, 3.8) is 0 Å². The van der Waals surface area contributed by atoms with E-state index in [0.717, 1.165) is 10.5 Å². The lowest BCUT2D eigenvalue weighted by molar-refractivity contribution is -0.120. The van der Waals surface area contributed by atoms with Crippen molar-refractivity contribution in [3.05, 3.63) is 69.3 Å². The monoisotopic (exact) mass is 432 g/mol. The van der Waals surface area contributed by atoms with Crippen molar-refractivity contribution in [1.82, 2.24) is 0 Å². The molecule has 1 aliphatic heterocycles. The number of hydrogen-bond donors (Lipinski definition) is 1. The van der Waals surface area contributed by atoms with Gasteiger partial charge in [0.15, 0.2) is 0 Å². The van der Waals surface area contributed by atoms with E-state index in [9.17, 15) is 14.4 Å². The third-order valence-electron chi connectivity index (χ3n) is 4.27. The minimum absolute atomic E-state index is 0.0199. The second kappa shape index (κ2) is 8.68. The highest BCUT2D eigenvalue weighted by molar-refractivity contribution is 6.53. The average molecular weight is 433 g/mol. The second-order valence-electron chi connectivity index (χ2n) is 6.40. The van der Waals surface area contributed by atoms with Gasteiger partial charge >= 0.3 is 5.97 Å². The van der Waals surface area contributed by atoms with E-state index in [-0.39, 0.29) is 10.7 Å². The van der Waals surface area contributed by atoms with Crippen LogP contribution in [0.4, 0.5) is 11.4 Å². The van der Waals surface area contributed by atoms with Gasteiger partial charge in [-0.25, -0.2) is 9.69 Å². The summed E-state index contributed by atoms with van der Waals surface area (Å²) < 4.78 is 5.07. The smallest absolute Gasteiger partial charge is 0.338 e. The van der Waals surface area contributed by atoms with Gasteiger partial charge < -0.3 is 10.1 Å². The minimum Gasteiger partial charge on any atom is -0.462 e. The Kier molecular flexibility index (Phi) is 6.25. The number of benzene rings is 2. The standard InChI is InChI=1S/C21H18Cl2N2O4/c1-3-10-29-21(28)13-4-7-15(8-5-13)25-19(26)17(23)18(20(25)27)24-16-9-6-14(22)11-12(16)2/h4-9,11,24H,3,10H2,1-2H3. The molecular weight excluding hydrogens is 415 g/mol. The number of halogens is 2. The molecule has 150 valence electrons. The van der Waals surface area contributed by atoms with Crippen LogP contribution in [0.2, 0.25) is 5.02 Å².